The zero-order valence-corrected chi connectivity index (χ0v) is 39.7. The second-order valence-corrected chi connectivity index (χ2v) is 19.6. The van der Waals surface area contributed by atoms with E-state index in [9.17, 15) is 0 Å². The molecule has 0 radical (unpaired) electrons. The summed E-state index contributed by atoms with van der Waals surface area (Å²) in [6, 6.07) is 70.8. The number of nitrogens with zero attached hydrogens (tertiary/aromatic N) is 2. The molecule has 3 aliphatic carbocycles. The van der Waals surface area contributed by atoms with E-state index in [-0.39, 0.29) is 0 Å². The molecule has 0 bridgehead atoms. The standard InChI is InChI=1S/C67H50N2O2/c1-3-43-11-10-16-59-60-33-29-54(40-64(60)70-63(59)37-43)68(50-23-19-46(20-24-50)44-12-6-4-7-13-44)52-27-31-57-48(38-52)17-18-49-39-53(28-32-58(49)57)69(51-25-21-47(22-26-51)45-14-8-5-9-15-45)55-30-34-61-62-36-35-56-42(2)66(56)67(62)71-65(61)41-55/h4-36,38-42,56,66H,3,37H2,1-2H3. The predicted molar refractivity (Wildman–Crippen MR) is 297 cm³/mol. The van der Waals surface area contributed by atoms with Crippen LogP contribution in [0, 0.1) is 11.8 Å². The van der Waals surface area contributed by atoms with E-state index in [1.165, 1.54) is 65.9 Å². The summed E-state index contributed by atoms with van der Waals surface area (Å²) in [5, 5.41) is 7.08. The lowest BCUT2D eigenvalue weighted by Crippen LogP contribution is -2.10. The lowest BCUT2D eigenvalue weighted by molar-refractivity contribution is 0.539. The molecule has 14 rings (SSSR count). The molecular weight excluding hydrogens is 865 g/mol. The first-order valence-electron chi connectivity index (χ1n) is 25.1. The zero-order chi connectivity index (χ0) is 47.2. The molecule has 0 saturated heterocycles. The second-order valence-electron chi connectivity index (χ2n) is 19.6. The van der Waals surface area contributed by atoms with E-state index < -0.39 is 0 Å². The van der Waals surface area contributed by atoms with Gasteiger partial charge in [-0.3, -0.25) is 0 Å². The molecule has 2 aromatic heterocycles. The molecule has 3 unspecified atom stereocenters. The van der Waals surface area contributed by atoms with Gasteiger partial charge in [0.1, 0.15) is 22.7 Å². The van der Waals surface area contributed by atoms with Crippen molar-refractivity contribution in [1.29, 1.82) is 0 Å². The van der Waals surface area contributed by atoms with Gasteiger partial charge in [0.15, 0.2) is 0 Å². The monoisotopic (exact) mass is 914 g/mol. The molecule has 0 spiro atoms. The molecular formula is C67H50N2O2. The van der Waals surface area contributed by atoms with E-state index in [0.29, 0.717) is 17.8 Å². The van der Waals surface area contributed by atoms with Crippen LogP contribution in [0.2, 0.25) is 0 Å². The highest BCUT2D eigenvalue weighted by Crippen LogP contribution is 2.59. The number of hydrogen-bond acceptors (Lipinski definition) is 4. The van der Waals surface area contributed by atoms with Gasteiger partial charge in [-0.1, -0.05) is 159 Å². The number of hydrogen-bond donors (Lipinski definition) is 0. The topological polar surface area (TPSA) is 32.8 Å². The Bertz CT molecular complexity index is 3970. The molecule has 4 nitrogen and oxygen atoms in total. The van der Waals surface area contributed by atoms with Crippen LogP contribution in [0.4, 0.5) is 34.1 Å². The average molecular weight is 915 g/mol. The molecule has 3 aliphatic rings. The summed E-state index contributed by atoms with van der Waals surface area (Å²) in [5.41, 5.74) is 16.8. The number of anilines is 6. The summed E-state index contributed by atoms with van der Waals surface area (Å²) in [4.78, 5) is 4.72. The third-order valence-corrected chi connectivity index (χ3v) is 15.5. The van der Waals surface area contributed by atoms with Crippen molar-refractivity contribution in [2.24, 2.45) is 11.8 Å². The third kappa shape index (κ3) is 7.04. The Labute approximate surface area is 413 Å². The van der Waals surface area contributed by atoms with E-state index in [0.717, 1.165) is 75.0 Å². The first kappa shape index (κ1) is 41.4. The number of rotatable bonds is 9. The zero-order valence-electron chi connectivity index (χ0n) is 39.7. The van der Waals surface area contributed by atoms with Crippen molar-refractivity contribution >= 4 is 89.8 Å². The van der Waals surface area contributed by atoms with Crippen LogP contribution in [0.1, 0.15) is 48.8 Å². The number of allylic oxidation sites excluding steroid dienone is 4. The van der Waals surface area contributed by atoms with Crippen LogP contribution in [0.5, 0.6) is 0 Å². The van der Waals surface area contributed by atoms with E-state index in [1.54, 1.807) is 0 Å². The fourth-order valence-corrected chi connectivity index (χ4v) is 11.6. The van der Waals surface area contributed by atoms with Crippen LogP contribution < -0.4 is 9.80 Å². The van der Waals surface area contributed by atoms with Crippen molar-refractivity contribution in [3.8, 4) is 22.3 Å². The summed E-state index contributed by atoms with van der Waals surface area (Å²) >= 11 is 0. The Hall–Kier alpha value is -8.60. The predicted octanol–water partition coefficient (Wildman–Crippen LogP) is 19.0. The maximum atomic E-state index is 6.74. The molecule has 3 atom stereocenters. The van der Waals surface area contributed by atoms with Crippen molar-refractivity contribution in [1.82, 2.24) is 0 Å². The number of benzene rings is 9. The van der Waals surface area contributed by atoms with E-state index in [1.807, 2.05) is 0 Å². The van der Waals surface area contributed by atoms with Crippen LogP contribution in [0.25, 0.3) is 77.9 Å². The van der Waals surface area contributed by atoms with Gasteiger partial charge in [0.25, 0.3) is 0 Å². The Balaban J connectivity index is 0.858. The molecule has 71 heavy (non-hydrogen) atoms. The molecule has 0 aliphatic heterocycles. The minimum atomic E-state index is 0.486. The van der Waals surface area contributed by atoms with Crippen LogP contribution in [-0.2, 0) is 6.42 Å². The van der Waals surface area contributed by atoms with E-state index >= 15 is 0 Å². The lowest BCUT2D eigenvalue weighted by Gasteiger charge is -2.27. The van der Waals surface area contributed by atoms with Gasteiger partial charge in [-0.25, -0.2) is 0 Å². The Morgan fingerprint density at radius 3 is 1.49 bits per heavy atom. The average Bonchev–Trinajstić information content (AvgIpc) is 3.86. The first-order valence-corrected chi connectivity index (χ1v) is 25.1. The molecule has 11 aromatic rings. The van der Waals surface area contributed by atoms with Gasteiger partial charge in [-0.05, 0) is 135 Å². The highest BCUT2D eigenvalue weighted by atomic mass is 16.3. The SMILES string of the molecule is CCC1=CC=Cc2c(oc3cc(N(c4ccc(-c5ccccc5)cc4)c4ccc5c(ccc6cc(N(c7ccc(-c8ccccc8)cc7)c7ccc8c9c(oc8c7)C7C(C)C7C=C9)ccc65)c4)ccc23)C1. The van der Waals surface area contributed by atoms with Gasteiger partial charge < -0.3 is 18.6 Å². The van der Waals surface area contributed by atoms with Gasteiger partial charge in [0, 0.05) is 80.5 Å². The second kappa shape index (κ2) is 16.5. The number of furan rings is 2. The summed E-state index contributed by atoms with van der Waals surface area (Å²) in [7, 11) is 0. The van der Waals surface area contributed by atoms with Crippen LogP contribution >= 0.6 is 0 Å². The normalized spacial score (nSPS) is 16.7. The summed E-state index contributed by atoms with van der Waals surface area (Å²) < 4.78 is 13.4. The molecule has 0 amide bonds. The largest absolute Gasteiger partial charge is 0.460 e. The quantitative estimate of drug-likeness (QED) is 0.135. The highest BCUT2D eigenvalue weighted by Gasteiger charge is 2.51. The van der Waals surface area contributed by atoms with Crippen molar-refractivity contribution in [3.05, 3.63) is 241 Å². The summed E-state index contributed by atoms with van der Waals surface area (Å²) in [6.07, 6.45) is 13.1. The maximum absolute atomic E-state index is 6.74. The van der Waals surface area contributed by atoms with Gasteiger partial charge in [0.05, 0.1) is 0 Å². The Morgan fingerprint density at radius 1 is 0.465 bits per heavy atom. The minimum Gasteiger partial charge on any atom is -0.460 e. The smallest absolute Gasteiger partial charge is 0.137 e. The van der Waals surface area contributed by atoms with Gasteiger partial charge >= 0.3 is 0 Å². The molecule has 9 aromatic carbocycles. The third-order valence-electron chi connectivity index (χ3n) is 15.5. The van der Waals surface area contributed by atoms with Crippen molar-refractivity contribution in [2.75, 3.05) is 9.80 Å². The highest BCUT2D eigenvalue weighted by molar-refractivity contribution is 6.10. The first-order chi connectivity index (χ1) is 35.0. The fraction of sp³-hybridized carbons (Fsp3) is 0.104. The fourth-order valence-electron chi connectivity index (χ4n) is 11.6. The molecule has 1 saturated carbocycles. The molecule has 0 N–H and O–H groups in total. The summed E-state index contributed by atoms with van der Waals surface area (Å²) in [5.74, 6) is 3.88. The van der Waals surface area contributed by atoms with Crippen molar-refractivity contribution in [3.63, 3.8) is 0 Å². The van der Waals surface area contributed by atoms with Crippen molar-refractivity contribution < 1.29 is 8.83 Å². The van der Waals surface area contributed by atoms with E-state index in [4.69, 9.17) is 8.83 Å². The van der Waals surface area contributed by atoms with Crippen LogP contribution in [-0.4, -0.2) is 0 Å². The molecule has 1 fully saturated rings. The lowest BCUT2D eigenvalue weighted by atomic mass is 9.99. The maximum Gasteiger partial charge on any atom is 0.137 e. The number of fused-ring (bicyclic) bond motifs is 11. The summed E-state index contributed by atoms with van der Waals surface area (Å²) in [6.45, 7) is 4.55. The van der Waals surface area contributed by atoms with Crippen LogP contribution in [0.3, 0.4) is 0 Å². The minimum absolute atomic E-state index is 0.486. The molecule has 340 valence electrons. The van der Waals surface area contributed by atoms with Gasteiger partial charge in [-0.2, -0.15) is 0 Å². The Morgan fingerprint density at radius 2 is 0.944 bits per heavy atom. The Kier molecular flexibility index (Phi) is 9.64. The van der Waals surface area contributed by atoms with Crippen molar-refractivity contribution in [2.45, 2.75) is 32.6 Å². The van der Waals surface area contributed by atoms with Crippen LogP contribution in [0.15, 0.2) is 227 Å². The van der Waals surface area contributed by atoms with Gasteiger partial charge in [-0.15, -0.1) is 0 Å². The molecule has 2 heterocycles. The van der Waals surface area contributed by atoms with Gasteiger partial charge in [0.2, 0.25) is 0 Å². The molecule has 4 heteroatoms. The van der Waals surface area contributed by atoms with E-state index in [2.05, 4.69) is 248 Å².